The van der Waals surface area contributed by atoms with Crippen LogP contribution < -0.4 is 0 Å². The number of phosphoric ester groups is 1. The average Bonchev–Trinajstić information content (AvgIpc) is 3.16. The van der Waals surface area contributed by atoms with E-state index in [4.69, 9.17) is 19.3 Å². The molecule has 0 spiro atoms. The molecule has 0 aliphatic carbocycles. The summed E-state index contributed by atoms with van der Waals surface area (Å²) in [5, 5.41) is 20.5. The van der Waals surface area contributed by atoms with Gasteiger partial charge in [-0.15, -0.1) is 0 Å². The van der Waals surface area contributed by atoms with E-state index in [0.29, 0.717) is 12.8 Å². The summed E-state index contributed by atoms with van der Waals surface area (Å²) in [6.07, 6.45) is 42.5. The third-order valence-electron chi connectivity index (χ3n) is 9.21. The van der Waals surface area contributed by atoms with Gasteiger partial charge in [-0.25, -0.2) is 4.57 Å². The Morgan fingerprint density at radius 1 is 0.536 bits per heavy atom. The zero-order chi connectivity index (χ0) is 41.4. The summed E-state index contributed by atoms with van der Waals surface area (Å²) in [6.45, 7) is 3.38. The lowest BCUT2D eigenvalue weighted by Gasteiger charge is -2.19. The molecule has 0 amide bonds. The van der Waals surface area contributed by atoms with E-state index >= 15 is 0 Å². The van der Waals surface area contributed by atoms with Gasteiger partial charge in [-0.1, -0.05) is 145 Å². The first kappa shape index (κ1) is 53.7. The van der Waals surface area contributed by atoms with Crippen LogP contribution in [0.2, 0.25) is 0 Å². The molecule has 0 fully saturated rings. The van der Waals surface area contributed by atoms with Gasteiger partial charge in [0.15, 0.2) is 6.10 Å². The third-order valence-corrected chi connectivity index (χ3v) is 9.70. The fourth-order valence-electron chi connectivity index (χ4n) is 5.80. The molecule has 10 nitrogen and oxygen atoms in total. The Hall–Kier alpha value is -2.33. The number of aliphatic hydroxyl groups is 2. The number of hydrogen-bond acceptors (Lipinski definition) is 8. The monoisotopic (exact) mass is 811 g/mol. The first-order valence-electron chi connectivity index (χ1n) is 21.7. The van der Waals surface area contributed by atoms with Gasteiger partial charge < -0.3 is 29.5 Å². The van der Waals surface area contributed by atoms with Crippen LogP contribution in [-0.2, 0) is 28.2 Å². The number of hydrogen-bond donors (Lipinski definition) is 4. The highest BCUT2D eigenvalue weighted by Gasteiger charge is 2.23. The lowest BCUT2D eigenvalue weighted by molar-refractivity contribution is -0.161. The van der Waals surface area contributed by atoms with E-state index in [9.17, 15) is 24.4 Å². The first-order valence-corrected chi connectivity index (χ1v) is 23.3. The van der Waals surface area contributed by atoms with Gasteiger partial charge in [-0.2, -0.15) is 0 Å². The van der Waals surface area contributed by atoms with E-state index in [1.807, 2.05) is 12.2 Å². The highest BCUT2D eigenvalue weighted by molar-refractivity contribution is 7.46. The van der Waals surface area contributed by atoms with Crippen molar-refractivity contribution in [3.63, 3.8) is 0 Å². The van der Waals surface area contributed by atoms with Crippen molar-refractivity contribution in [1.82, 2.24) is 0 Å². The SMILES string of the molecule is CCCCC/C=C\C/C=C\C/C=C\CC(O)C(O)CCCC(=O)OC[C@H](COP(=O)(O)O)OC(=O)CCCCCCCCCCC/C=C\C/C=C\CCCCC. The number of ether oxygens (including phenoxy) is 2. The topological polar surface area (TPSA) is 160 Å². The van der Waals surface area contributed by atoms with Gasteiger partial charge in [0, 0.05) is 12.8 Å². The number of carbonyl (C=O) groups excluding carboxylic acids is 2. The molecule has 324 valence electrons. The molecule has 4 N–H and O–H groups in total. The van der Waals surface area contributed by atoms with Crippen LogP contribution >= 0.6 is 7.82 Å². The third kappa shape index (κ3) is 39.9. The number of unbranched alkanes of at least 4 members (excludes halogenated alkanes) is 15. The normalized spacial score (nSPS) is 14.2. The summed E-state index contributed by atoms with van der Waals surface area (Å²) >= 11 is 0. The van der Waals surface area contributed by atoms with Gasteiger partial charge in [-0.3, -0.25) is 14.1 Å². The van der Waals surface area contributed by atoms with E-state index in [1.54, 1.807) is 0 Å². The van der Waals surface area contributed by atoms with Crippen LogP contribution in [0.1, 0.15) is 181 Å². The van der Waals surface area contributed by atoms with Crippen molar-refractivity contribution in [3.8, 4) is 0 Å². The molecule has 11 heteroatoms. The smallest absolute Gasteiger partial charge is 0.462 e. The van der Waals surface area contributed by atoms with Crippen LogP contribution in [0.25, 0.3) is 0 Å². The van der Waals surface area contributed by atoms with E-state index in [-0.39, 0.29) is 25.7 Å². The molecular formula is C45H79O10P. The second kappa shape index (κ2) is 39.5. The molecule has 0 saturated heterocycles. The van der Waals surface area contributed by atoms with E-state index < -0.39 is 51.3 Å². The van der Waals surface area contributed by atoms with Crippen molar-refractivity contribution in [2.75, 3.05) is 13.2 Å². The van der Waals surface area contributed by atoms with Crippen LogP contribution in [0.15, 0.2) is 60.8 Å². The highest BCUT2D eigenvalue weighted by atomic mass is 31.2. The Labute approximate surface area is 340 Å². The van der Waals surface area contributed by atoms with Crippen LogP contribution in [-0.4, -0.2) is 63.5 Å². The first-order chi connectivity index (χ1) is 27.1. The minimum Gasteiger partial charge on any atom is -0.462 e. The van der Waals surface area contributed by atoms with Crippen LogP contribution in [0, 0.1) is 0 Å². The van der Waals surface area contributed by atoms with E-state index in [1.165, 1.54) is 77.0 Å². The maximum atomic E-state index is 12.4. The molecule has 0 aromatic carbocycles. The van der Waals surface area contributed by atoms with Crippen LogP contribution in [0.3, 0.4) is 0 Å². The van der Waals surface area contributed by atoms with Gasteiger partial charge >= 0.3 is 19.8 Å². The molecule has 0 bridgehead atoms. The molecule has 56 heavy (non-hydrogen) atoms. The Kier molecular flexibility index (Phi) is 37.9. The molecule has 0 aromatic heterocycles. The number of allylic oxidation sites excluding steroid dienone is 9. The molecule has 3 atom stereocenters. The zero-order valence-corrected chi connectivity index (χ0v) is 35.9. The minimum absolute atomic E-state index is 0.0494. The molecule has 0 saturated carbocycles. The summed E-state index contributed by atoms with van der Waals surface area (Å²) < 4.78 is 26.2. The van der Waals surface area contributed by atoms with Crippen molar-refractivity contribution < 1.29 is 48.2 Å². The van der Waals surface area contributed by atoms with Crippen molar-refractivity contribution in [1.29, 1.82) is 0 Å². The number of phosphoric acid groups is 1. The average molecular weight is 811 g/mol. The summed E-state index contributed by atoms with van der Waals surface area (Å²) in [4.78, 5) is 43.0. The standard InChI is InChI=1S/C45H79O10P/c1-3-5-7-9-11-13-15-17-18-19-20-21-22-23-25-27-29-31-33-37-45(49)55-41(40-54-56(50,51)52)39-53-44(48)38-34-36-43(47)42(46)35-32-30-28-26-24-16-14-12-10-8-6-4-2/h11-14,17-18,24,26,30,32,41-43,46-47H,3-10,15-16,19-23,25,27-29,31,33-40H2,1-2H3,(H2,50,51,52)/b13-11-,14-12-,18-17-,26-24-,32-30-/t41-,42?,43?/m1/s1. The molecular weight excluding hydrogens is 731 g/mol. The van der Waals surface area contributed by atoms with Gasteiger partial charge in [0.05, 0.1) is 18.8 Å². The Morgan fingerprint density at radius 3 is 1.50 bits per heavy atom. The second-order valence-corrected chi connectivity index (χ2v) is 15.9. The van der Waals surface area contributed by atoms with Gasteiger partial charge in [0.1, 0.15) is 6.61 Å². The maximum Gasteiger partial charge on any atom is 0.469 e. The summed E-state index contributed by atoms with van der Waals surface area (Å²) in [5.41, 5.74) is 0. The molecule has 2 unspecified atom stereocenters. The second-order valence-electron chi connectivity index (χ2n) is 14.6. The lowest BCUT2D eigenvalue weighted by atomic mass is 10.0. The molecule has 0 aliphatic rings. The largest absolute Gasteiger partial charge is 0.469 e. The number of aliphatic hydroxyl groups excluding tert-OH is 2. The van der Waals surface area contributed by atoms with Crippen LogP contribution in [0.5, 0.6) is 0 Å². The Morgan fingerprint density at radius 2 is 0.982 bits per heavy atom. The van der Waals surface area contributed by atoms with Crippen molar-refractivity contribution in [2.24, 2.45) is 0 Å². The molecule has 0 rings (SSSR count). The van der Waals surface area contributed by atoms with E-state index in [0.717, 1.165) is 51.4 Å². The van der Waals surface area contributed by atoms with Crippen molar-refractivity contribution in [2.45, 2.75) is 199 Å². The zero-order valence-electron chi connectivity index (χ0n) is 35.0. The van der Waals surface area contributed by atoms with Crippen molar-refractivity contribution in [3.05, 3.63) is 60.8 Å². The number of rotatable bonds is 39. The predicted molar refractivity (Wildman–Crippen MR) is 228 cm³/mol. The fraction of sp³-hybridized carbons (Fsp3) is 0.733. The van der Waals surface area contributed by atoms with Crippen molar-refractivity contribution >= 4 is 19.8 Å². The molecule has 0 radical (unpaired) electrons. The highest BCUT2D eigenvalue weighted by Crippen LogP contribution is 2.36. The lowest BCUT2D eigenvalue weighted by Crippen LogP contribution is -2.29. The molecule has 0 heterocycles. The Balaban J connectivity index is 4.14. The quantitative estimate of drug-likeness (QED) is 0.0204. The predicted octanol–water partition coefficient (Wildman–Crippen LogP) is 11.2. The van der Waals surface area contributed by atoms with Gasteiger partial charge in [0.25, 0.3) is 0 Å². The number of carbonyl (C=O) groups is 2. The maximum absolute atomic E-state index is 12.4. The van der Waals surface area contributed by atoms with Gasteiger partial charge in [0.2, 0.25) is 0 Å². The summed E-state index contributed by atoms with van der Waals surface area (Å²) in [7, 11) is -4.83. The summed E-state index contributed by atoms with van der Waals surface area (Å²) in [6, 6.07) is 0. The van der Waals surface area contributed by atoms with Gasteiger partial charge in [-0.05, 0) is 83.5 Å². The summed E-state index contributed by atoms with van der Waals surface area (Å²) in [5.74, 6) is -1.18. The minimum atomic E-state index is -4.83. The fourth-order valence-corrected chi connectivity index (χ4v) is 6.16. The van der Waals surface area contributed by atoms with Crippen LogP contribution in [0.4, 0.5) is 0 Å². The Bertz CT molecular complexity index is 1130. The number of esters is 2. The molecule has 0 aliphatic heterocycles. The van der Waals surface area contributed by atoms with E-state index in [2.05, 4.69) is 67.0 Å². The molecule has 0 aromatic rings.